The minimum absolute atomic E-state index is 0.0611. The number of carbonyl (C=O) groups is 1. The summed E-state index contributed by atoms with van der Waals surface area (Å²) in [6.45, 7) is 2.71. The Bertz CT molecular complexity index is 284. The molecule has 0 N–H and O–H groups in total. The van der Waals surface area contributed by atoms with E-state index < -0.39 is 0 Å². The number of aromatic nitrogens is 1. The molecule has 3 heteroatoms. The number of nitrogens with zero attached hydrogens (tertiary/aromatic N) is 1. The number of hydrogen-bond donors (Lipinski definition) is 0. The van der Waals surface area contributed by atoms with Crippen molar-refractivity contribution in [1.82, 2.24) is 0 Å². The Kier molecular flexibility index (Phi) is 2.80. The van der Waals surface area contributed by atoms with Gasteiger partial charge in [0.15, 0.2) is 6.20 Å². The maximum Gasteiger partial charge on any atom is 0.245 e. The van der Waals surface area contributed by atoms with Crippen LogP contribution in [0.25, 0.3) is 0 Å². The zero-order valence-electron chi connectivity index (χ0n) is 6.99. The molecule has 12 heavy (non-hydrogen) atoms. The molecular formula is C9H11NO2. The molecule has 1 rings (SSSR count). The van der Waals surface area contributed by atoms with Gasteiger partial charge in [-0.3, -0.25) is 4.79 Å². The fourth-order valence-corrected chi connectivity index (χ4v) is 1.08. The number of rotatable bonds is 3. The highest BCUT2D eigenvalue weighted by Gasteiger charge is 2.05. The molecule has 0 amide bonds. The topological polar surface area (TPSA) is 44.0 Å². The Hall–Kier alpha value is -1.38. The Morgan fingerprint density at radius 1 is 1.58 bits per heavy atom. The highest BCUT2D eigenvalue weighted by atomic mass is 16.3. The maximum absolute atomic E-state index is 10.9. The minimum Gasteiger partial charge on any atom is -0.868 e. The van der Waals surface area contributed by atoms with Crippen LogP contribution in [-0.2, 0) is 6.54 Å². The van der Waals surface area contributed by atoms with Gasteiger partial charge in [0, 0.05) is 12.5 Å². The quantitative estimate of drug-likeness (QED) is 0.476. The van der Waals surface area contributed by atoms with Crippen molar-refractivity contribution < 1.29 is 14.5 Å². The van der Waals surface area contributed by atoms with Gasteiger partial charge in [0.2, 0.25) is 12.0 Å². The first-order valence-corrected chi connectivity index (χ1v) is 3.93. The molecule has 0 spiro atoms. The second-order valence-electron chi connectivity index (χ2n) is 2.60. The van der Waals surface area contributed by atoms with E-state index in [-0.39, 0.29) is 5.75 Å². The number of aldehydes is 1. The third-order valence-corrected chi connectivity index (χ3v) is 1.62. The van der Waals surface area contributed by atoms with Crippen LogP contribution in [-0.4, -0.2) is 6.29 Å². The number of carbonyl (C=O) groups excluding carboxylic acids is 1. The Morgan fingerprint density at radius 3 is 2.92 bits per heavy atom. The molecule has 0 fully saturated rings. The second-order valence-corrected chi connectivity index (χ2v) is 2.60. The zero-order chi connectivity index (χ0) is 8.97. The number of pyridine rings is 1. The van der Waals surface area contributed by atoms with Crippen LogP contribution in [0.3, 0.4) is 0 Å². The molecule has 0 aliphatic carbocycles. The average molecular weight is 165 g/mol. The molecule has 0 aliphatic heterocycles. The van der Waals surface area contributed by atoms with Crippen molar-refractivity contribution in [3.8, 4) is 5.75 Å². The van der Waals surface area contributed by atoms with Gasteiger partial charge in [0.1, 0.15) is 6.54 Å². The van der Waals surface area contributed by atoms with Crippen LogP contribution in [0.5, 0.6) is 5.75 Å². The van der Waals surface area contributed by atoms with Gasteiger partial charge in [0.25, 0.3) is 0 Å². The summed E-state index contributed by atoms with van der Waals surface area (Å²) in [5.74, 6) is -0.0611. The molecule has 3 nitrogen and oxygen atoms in total. The van der Waals surface area contributed by atoms with E-state index >= 15 is 0 Å². The van der Waals surface area contributed by atoms with Gasteiger partial charge in [-0.15, -0.1) is 0 Å². The van der Waals surface area contributed by atoms with Crippen LogP contribution in [0, 0.1) is 0 Å². The van der Waals surface area contributed by atoms with Gasteiger partial charge in [-0.1, -0.05) is 13.0 Å². The van der Waals surface area contributed by atoms with E-state index in [1.165, 1.54) is 12.3 Å². The fourth-order valence-electron chi connectivity index (χ4n) is 1.08. The smallest absolute Gasteiger partial charge is 0.245 e. The molecule has 0 saturated carbocycles. The monoisotopic (exact) mass is 165 g/mol. The lowest BCUT2D eigenvalue weighted by Crippen LogP contribution is -2.38. The van der Waals surface area contributed by atoms with E-state index in [4.69, 9.17) is 0 Å². The van der Waals surface area contributed by atoms with Crippen molar-refractivity contribution in [2.45, 2.75) is 19.9 Å². The van der Waals surface area contributed by atoms with E-state index in [9.17, 15) is 9.90 Å². The molecule has 1 aromatic heterocycles. The second kappa shape index (κ2) is 3.85. The van der Waals surface area contributed by atoms with Gasteiger partial charge in [-0.25, -0.2) is 0 Å². The lowest BCUT2D eigenvalue weighted by Gasteiger charge is -2.03. The minimum atomic E-state index is -0.0611. The predicted molar refractivity (Wildman–Crippen MR) is 41.8 cm³/mol. The molecular weight excluding hydrogens is 154 g/mol. The molecule has 0 saturated heterocycles. The van der Waals surface area contributed by atoms with Crippen LogP contribution in [0.4, 0.5) is 0 Å². The van der Waals surface area contributed by atoms with Crippen molar-refractivity contribution in [1.29, 1.82) is 0 Å². The van der Waals surface area contributed by atoms with E-state index in [0.29, 0.717) is 12.2 Å². The van der Waals surface area contributed by atoms with E-state index in [2.05, 4.69) is 0 Å². The Balaban J connectivity index is 3.03. The highest BCUT2D eigenvalue weighted by molar-refractivity contribution is 5.69. The normalized spacial score (nSPS) is 9.75. The SMILES string of the molecule is CCC[n+]1cc([O-])ccc1C=O. The highest BCUT2D eigenvalue weighted by Crippen LogP contribution is 1.99. The summed E-state index contributed by atoms with van der Waals surface area (Å²) in [7, 11) is 0. The van der Waals surface area contributed by atoms with Gasteiger partial charge >= 0.3 is 0 Å². The van der Waals surface area contributed by atoms with Crippen LogP contribution >= 0.6 is 0 Å². The number of aryl methyl sites for hydroxylation is 1. The molecule has 1 aromatic rings. The van der Waals surface area contributed by atoms with Crippen molar-refractivity contribution in [3.05, 3.63) is 24.0 Å². The molecule has 0 radical (unpaired) electrons. The molecule has 0 unspecified atom stereocenters. The lowest BCUT2D eigenvalue weighted by molar-refractivity contribution is -0.700. The molecule has 1 heterocycles. The van der Waals surface area contributed by atoms with E-state index in [1.54, 1.807) is 10.6 Å². The first kappa shape index (κ1) is 8.71. The summed E-state index contributed by atoms with van der Waals surface area (Å²) in [6, 6.07) is 2.95. The van der Waals surface area contributed by atoms with Gasteiger partial charge in [0.05, 0.1) is 0 Å². The first-order chi connectivity index (χ1) is 5.77. The summed E-state index contributed by atoms with van der Waals surface area (Å²) in [5, 5.41) is 10.9. The van der Waals surface area contributed by atoms with Crippen LogP contribution in [0.15, 0.2) is 18.3 Å². The number of hydrogen-bond acceptors (Lipinski definition) is 2. The standard InChI is InChI=1S/C9H11NO2/c1-2-5-10-6-9(12)4-3-8(10)7-11/h3-4,6-7H,2,5H2,1H3. The van der Waals surface area contributed by atoms with Crippen molar-refractivity contribution in [2.75, 3.05) is 0 Å². The van der Waals surface area contributed by atoms with Gasteiger partial charge in [-0.2, -0.15) is 4.57 Å². The average Bonchev–Trinajstić information content (AvgIpc) is 2.05. The van der Waals surface area contributed by atoms with Crippen LogP contribution < -0.4 is 9.67 Å². The maximum atomic E-state index is 10.9. The Morgan fingerprint density at radius 2 is 2.33 bits per heavy atom. The predicted octanol–water partition coefficient (Wildman–Crippen LogP) is 0.270. The van der Waals surface area contributed by atoms with Crippen molar-refractivity contribution in [3.63, 3.8) is 0 Å². The summed E-state index contributed by atoms with van der Waals surface area (Å²) in [6.07, 6.45) is 3.12. The van der Waals surface area contributed by atoms with Crippen molar-refractivity contribution in [2.24, 2.45) is 0 Å². The van der Waals surface area contributed by atoms with Crippen molar-refractivity contribution >= 4 is 6.29 Å². The summed E-state index contributed by atoms with van der Waals surface area (Å²) >= 11 is 0. The van der Waals surface area contributed by atoms with E-state index in [0.717, 1.165) is 12.7 Å². The van der Waals surface area contributed by atoms with Gasteiger partial charge in [-0.05, 0) is 5.75 Å². The first-order valence-electron chi connectivity index (χ1n) is 3.93. The fraction of sp³-hybridized carbons (Fsp3) is 0.333. The third-order valence-electron chi connectivity index (χ3n) is 1.62. The molecule has 0 aromatic carbocycles. The van der Waals surface area contributed by atoms with Crippen LogP contribution in [0.2, 0.25) is 0 Å². The summed E-state index contributed by atoms with van der Waals surface area (Å²) < 4.78 is 1.68. The van der Waals surface area contributed by atoms with Crippen LogP contribution in [0.1, 0.15) is 23.8 Å². The van der Waals surface area contributed by atoms with E-state index in [1.807, 2.05) is 6.92 Å². The largest absolute Gasteiger partial charge is 0.868 e. The molecule has 0 atom stereocenters. The zero-order valence-corrected chi connectivity index (χ0v) is 6.99. The summed E-state index contributed by atoms with van der Waals surface area (Å²) in [4.78, 5) is 10.5. The molecule has 64 valence electrons. The molecule has 0 bridgehead atoms. The van der Waals surface area contributed by atoms with Gasteiger partial charge < -0.3 is 5.11 Å². The third kappa shape index (κ3) is 1.81. The lowest BCUT2D eigenvalue weighted by atomic mass is 10.3. The Labute approximate surface area is 71.3 Å². The molecule has 0 aliphatic rings. The summed E-state index contributed by atoms with van der Waals surface area (Å²) in [5.41, 5.74) is 0.552.